The minimum atomic E-state index is -0.295. The number of aliphatic imine (C=N–C) groups is 3. The van der Waals surface area contributed by atoms with Crippen LogP contribution >= 0.6 is 11.8 Å². The van der Waals surface area contributed by atoms with E-state index in [9.17, 15) is 4.79 Å². The van der Waals surface area contributed by atoms with Gasteiger partial charge in [-0.15, -0.1) is 0 Å². The van der Waals surface area contributed by atoms with E-state index in [1.165, 1.54) is 11.8 Å². The van der Waals surface area contributed by atoms with Gasteiger partial charge in [0, 0.05) is 37.2 Å². The van der Waals surface area contributed by atoms with Gasteiger partial charge < -0.3 is 5.32 Å². The number of aryl methyl sites for hydroxylation is 1. The number of thioether (sulfide) groups is 1. The molecule has 8 nitrogen and oxygen atoms in total. The predicted octanol–water partition coefficient (Wildman–Crippen LogP) is 4.71. The van der Waals surface area contributed by atoms with Crippen LogP contribution < -0.4 is 10.9 Å². The first-order valence-electron chi connectivity index (χ1n) is 11.4. The van der Waals surface area contributed by atoms with E-state index in [-0.39, 0.29) is 11.6 Å². The fourth-order valence-electron chi connectivity index (χ4n) is 4.37. The van der Waals surface area contributed by atoms with Gasteiger partial charge in [0.25, 0.3) is 5.56 Å². The number of aromatic nitrogens is 3. The third-order valence-corrected chi connectivity index (χ3v) is 6.85. The lowest BCUT2D eigenvalue weighted by molar-refractivity contribution is 0.608. The van der Waals surface area contributed by atoms with Crippen molar-refractivity contribution in [2.45, 2.75) is 13.0 Å². The summed E-state index contributed by atoms with van der Waals surface area (Å²) >= 11 is 1.43. The molecule has 0 bridgehead atoms. The van der Waals surface area contributed by atoms with Crippen molar-refractivity contribution in [3.05, 3.63) is 94.6 Å². The first-order chi connectivity index (χ1) is 17.5. The Morgan fingerprint density at radius 1 is 1.17 bits per heavy atom. The number of fused-ring (bicyclic) bond motifs is 1. The van der Waals surface area contributed by atoms with E-state index in [4.69, 9.17) is 0 Å². The Balaban J connectivity index is 1.72. The van der Waals surface area contributed by atoms with E-state index in [0.717, 1.165) is 32.9 Å². The van der Waals surface area contributed by atoms with Crippen molar-refractivity contribution in [2.75, 3.05) is 7.05 Å². The molecule has 1 N–H and O–H groups in total. The summed E-state index contributed by atoms with van der Waals surface area (Å²) in [5.41, 5.74) is 5.56. The van der Waals surface area contributed by atoms with Crippen LogP contribution in [-0.4, -0.2) is 38.7 Å². The van der Waals surface area contributed by atoms with Crippen LogP contribution in [0.1, 0.15) is 18.7 Å². The van der Waals surface area contributed by atoms with Gasteiger partial charge in [-0.25, -0.2) is 9.98 Å². The Labute approximate surface area is 212 Å². The monoisotopic (exact) mass is 495 g/mol. The van der Waals surface area contributed by atoms with E-state index in [1.807, 2.05) is 74.8 Å². The van der Waals surface area contributed by atoms with E-state index < -0.39 is 0 Å². The molecule has 0 spiro atoms. The second kappa shape index (κ2) is 9.79. The third-order valence-electron chi connectivity index (χ3n) is 6.04. The zero-order valence-electron chi connectivity index (χ0n) is 20.2. The number of benzene rings is 2. The highest BCUT2D eigenvalue weighted by molar-refractivity contribution is 8.26. The van der Waals surface area contributed by atoms with Gasteiger partial charge in [0.1, 0.15) is 10.7 Å². The first kappa shape index (κ1) is 23.5. The van der Waals surface area contributed by atoms with Crippen molar-refractivity contribution in [1.82, 2.24) is 19.7 Å². The molecule has 1 aliphatic heterocycles. The molecule has 2 aromatic heterocycles. The fraction of sp³-hybridized carbons (Fsp3) is 0.148. The number of para-hydroxylation sites is 1. The van der Waals surface area contributed by atoms with Gasteiger partial charge in [-0.2, -0.15) is 5.10 Å². The molecule has 1 atom stereocenters. The van der Waals surface area contributed by atoms with Gasteiger partial charge in [0.05, 0.1) is 23.2 Å². The smallest absolute Gasteiger partial charge is 0.263 e. The Hall–Kier alpha value is -4.24. The van der Waals surface area contributed by atoms with E-state index in [2.05, 4.69) is 32.1 Å². The third kappa shape index (κ3) is 4.18. The normalized spacial score (nSPS) is 16.5. The molecule has 0 unspecified atom stereocenters. The summed E-state index contributed by atoms with van der Waals surface area (Å²) in [7, 11) is 3.58. The highest BCUT2D eigenvalue weighted by Crippen LogP contribution is 2.30. The standard InChI is InChI=1S/C27H25N7OS/c1-17(32-25(28-2)24-26(29-3)36-16-30-24)22-13-18-9-8-12-21(19-14-31-33(4)15-19)23(18)27(35)34(22)20-10-6-5-7-11-20/h5-17,32H,2H2,1,3-4H3/b25-24-,29-26+/t17-/m0/s1. The SMILES string of the molecule is C=N/C(N[C@@H](C)c1cc2cccc(-c3cnn(C)c3)c2c(=O)n1-c1ccccc1)=C1/N=CS/C1=N/C. The Morgan fingerprint density at radius 3 is 2.67 bits per heavy atom. The van der Waals surface area contributed by atoms with Crippen LogP contribution in [0.3, 0.4) is 0 Å². The summed E-state index contributed by atoms with van der Waals surface area (Å²) in [6.45, 7) is 5.72. The molecular weight excluding hydrogens is 470 g/mol. The van der Waals surface area contributed by atoms with E-state index >= 15 is 0 Å². The highest BCUT2D eigenvalue weighted by atomic mass is 32.2. The largest absolute Gasteiger partial charge is 0.360 e. The Morgan fingerprint density at radius 2 is 1.97 bits per heavy atom. The molecule has 180 valence electrons. The molecule has 0 fully saturated rings. The van der Waals surface area contributed by atoms with Crippen LogP contribution in [0.15, 0.2) is 98.3 Å². The maximum Gasteiger partial charge on any atom is 0.263 e. The fourth-order valence-corrected chi connectivity index (χ4v) is 5.00. The summed E-state index contributed by atoms with van der Waals surface area (Å²) in [5, 5.41) is 9.97. The van der Waals surface area contributed by atoms with Crippen molar-refractivity contribution in [2.24, 2.45) is 22.0 Å². The number of nitrogens with one attached hydrogen (secondary N) is 1. The number of hydrogen-bond donors (Lipinski definition) is 1. The molecule has 1 aliphatic rings. The van der Waals surface area contributed by atoms with Crippen LogP contribution in [0, 0.1) is 0 Å². The lowest BCUT2D eigenvalue weighted by Crippen LogP contribution is -2.29. The average molecular weight is 496 g/mol. The zero-order chi connectivity index (χ0) is 25.2. The topological polar surface area (TPSA) is 88.9 Å². The van der Waals surface area contributed by atoms with Crippen LogP contribution in [0.5, 0.6) is 0 Å². The number of pyridine rings is 1. The number of rotatable bonds is 6. The molecule has 0 amide bonds. The minimum absolute atomic E-state index is 0.104. The summed E-state index contributed by atoms with van der Waals surface area (Å²) in [6, 6.07) is 17.3. The summed E-state index contributed by atoms with van der Waals surface area (Å²) < 4.78 is 3.49. The van der Waals surface area contributed by atoms with Crippen LogP contribution in [0.4, 0.5) is 0 Å². The van der Waals surface area contributed by atoms with Gasteiger partial charge in [0.15, 0.2) is 5.82 Å². The van der Waals surface area contributed by atoms with E-state index in [1.54, 1.807) is 28.0 Å². The van der Waals surface area contributed by atoms with Crippen molar-refractivity contribution in [3.8, 4) is 16.8 Å². The molecule has 0 saturated carbocycles. The first-order valence-corrected chi connectivity index (χ1v) is 12.3. The Bertz CT molecular complexity index is 1610. The van der Waals surface area contributed by atoms with Crippen LogP contribution in [-0.2, 0) is 7.05 Å². The maximum atomic E-state index is 14.2. The molecule has 0 aliphatic carbocycles. The quantitative estimate of drug-likeness (QED) is 0.392. The second-order valence-electron chi connectivity index (χ2n) is 8.32. The summed E-state index contributed by atoms with van der Waals surface area (Å²) in [4.78, 5) is 27.1. The lowest BCUT2D eigenvalue weighted by atomic mass is 9.99. The predicted molar refractivity (Wildman–Crippen MR) is 149 cm³/mol. The van der Waals surface area contributed by atoms with Gasteiger partial charge >= 0.3 is 0 Å². The molecular formula is C27H25N7OS. The van der Waals surface area contributed by atoms with E-state index in [0.29, 0.717) is 16.9 Å². The molecule has 5 rings (SSSR count). The molecule has 9 heteroatoms. The summed E-state index contributed by atoms with van der Waals surface area (Å²) in [5.74, 6) is 0.514. The molecule has 4 aromatic rings. The molecule has 0 radical (unpaired) electrons. The lowest BCUT2D eigenvalue weighted by Gasteiger charge is -2.22. The van der Waals surface area contributed by atoms with Crippen LogP contribution in [0.25, 0.3) is 27.6 Å². The maximum absolute atomic E-state index is 14.2. The highest BCUT2D eigenvalue weighted by Gasteiger charge is 2.22. The van der Waals surface area contributed by atoms with Crippen LogP contribution in [0.2, 0.25) is 0 Å². The van der Waals surface area contributed by atoms with Gasteiger partial charge in [-0.3, -0.25) is 19.0 Å². The second-order valence-corrected chi connectivity index (χ2v) is 9.15. The minimum Gasteiger partial charge on any atom is -0.360 e. The van der Waals surface area contributed by atoms with Gasteiger partial charge in [-0.05, 0) is 42.8 Å². The number of hydrogen-bond acceptors (Lipinski definition) is 7. The van der Waals surface area contributed by atoms with Gasteiger partial charge in [0.2, 0.25) is 0 Å². The molecule has 0 saturated heterocycles. The van der Waals surface area contributed by atoms with Crippen molar-refractivity contribution in [3.63, 3.8) is 0 Å². The van der Waals surface area contributed by atoms with Crippen molar-refractivity contribution >= 4 is 39.8 Å². The zero-order valence-corrected chi connectivity index (χ0v) is 21.0. The molecule has 2 aromatic carbocycles. The van der Waals surface area contributed by atoms with Crippen molar-refractivity contribution < 1.29 is 0 Å². The van der Waals surface area contributed by atoms with Gasteiger partial charge in [-0.1, -0.05) is 48.2 Å². The number of nitrogens with zero attached hydrogens (tertiary/aromatic N) is 6. The van der Waals surface area contributed by atoms with Crippen molar-refractivity contribution in [1.29, 1.82) is 0 Å². The molecule has 3 heterocycles. The molecule has 36 heavy (non-hydrogen) atoms. The summed E-state index contributed by atoms with van der Waals surface area (Å²) in [6.07, 6.45) is 3.70. The Kier molecular flexibility index (Phi) is 6.39. The average Bonchev–Trinajstić information content (AvgIpc) is 3.56.